The van der Waals surface area contributed by atoms with E-state index < -0.39 is 11.6 Å². The van der Waals surface area contributed by atoms with Crippen LogP contribution in [0.25, 0.3) is 0 Å². The van der Waals surface area contributed by atoms with Crippen molar-refractivity contribution in [1.29, 1.82) is 5.26 Å². The molecule has 15 heavy (non-hydrogen) atoms. The van der Waals surface area contributed by atoms with Crippen molar-refractivity contribution in [2.45, 2.75) is 5.67 Å². The van der Waals surface area contributed by atoms with Crippen molar-refractivity contribution in [2.75, 3.05) is 14.1 Å². The van der Waals surface area contributed by atoms with Crippen LogP contribution in [0.1, 0.15) is 5.56 Å². The predicted molar refractivity (Wildman–Crippen MR) is 53.5 cm³/mol. The van der Waals surface area contributed by atoms with Gasteiger partial charge in [-0.25, -0.2) is 4.39 Å². The lowest BCUT2D eigenvalue weighted by Gasteiger charge is -2.20. The Kier molecular flexibility index (Phi) is 3.05. The summed E-state index contributed by atoms with van der Waals surface area (Å²) < 4.78 is 14.1. The first kappa shape index (κ1) is 11.2. The summed E-state index contributed by atoms with van der Waals surface area (Å²) in [5, 5.41) is 8.79. The van der Waals surface area contributed by atoms with Gasteiger partial charge in [-0.15, -0.1) is 0 Å². The van der Waals surface area contributed by atoms with E-state index >= 15 is 0 Å². The summed E-state index contributed by atoms with van der Waals surface area (Å²) >= 11 is 0. The maximum atomic E-state index is 14.1. The fraction of sp³-hybridized carbons (Fsp3) is 0.273. The van der Waals surface area contributed by atoms with Crippen LogP contribution in [0.15, 0.2) is 30.3 Å². The van der Waals surface area contributed by atoms with Crippen LogP contribution in [0.2, 0.25) is 0 Å². The van der Waals surface area contributed by atoms with E-state index in [4.69, 9.17) is 5.26 Å². The Morgan fingerprint density at radius 1 is 1.40 bits per heavy atom. The minimum atomic E-state index is -2.59. The van der Waals surface area contributed by atoms with Crippen molar-refractivity contribution in [3.05, 3.63) is 35.9 Å². The van der Waals surface area contributed by atoms with E-state index in [0.717, 1.165) is 4.90 Å². The van der Waals surface area contributed by atoms with Crippen LogP contribution in [0, 0.1) is 11.3 Å². The Balaban J connectivity index is 3.19. The average molecular weight is 206 g/mol. The molecule has 0 saturated carbocycles. The summed E-state index contributed by atoms with van der Waals surface area (Å²) in [6.45, 7) is 0. The van der Waals surface area contributed by atoms with Gasteiger partial charge in [0.05, 0.1) is 0 Å². The minimum Gasteiger partial charge on any atom is -0.345 e. The summed E-state index contributed by atoms with van der Waals surface area (Å²) in [5.41, 5.74) is -2.53. The van der Waals surface area contributed by atoms with Crippen LogP contribution in [0.5, 0.6) is 0 Å². The molecule has 0 radical (unpaired) electrons. The Morgan fingerprint density at radius 2 is 1.93 bits per heavy atom. The monoisotopic (exact) mass is 206 g/mol. The number of carbonyl (C=O) groups is 1. The van der Waals surface area contributed by atoms with Gasteiger partial charge >= 0.3 is 0 Å². The molecule has 0 fully saturated rings. The van der Waals surface area contributed by atoms with E-state index in [1.807, 2.05) is 0 Å². The van der Waals surface area contributed by atoms with Gasteiger partial charge in [-0.1, -0.05) is 30.3 Å². The van der Waals surface area contributed by atoms with E-state index in [1.165, 1.54) is 32.3 Å². The number of hydrogen-bond acceptors (Lipinski definition) is 2. The lowest BCUT2D eigenvalue weighted by Crippen LogP contribution is -2.39. The quantitative estimate of drug-likeness (QED) is 0.735. The van der Waals surface area contributed by atoms with Crippen LogP contribution < -0.4 is 0 Å². The molecule has 1 unspecified atom stereocenters. The predicted octanol–water partition coefficient (Wildman–Crippen LogP) is 1.46. The van der Waals surface area contributed by atoms with Gasteiger partial charge in [-0.2, -0.15) is 5.26 Å². The molecule has 0 aliphatic rings. The highest BCUT2D eigenvalue weighted by Crippen LogP contribution is 2.26. The standard InChI is InChI=1S/C11H11FN2O/c1-14(2)10(15)11(12,8-13)9-6-4-3-5-7-9/h3-7H,1-2H3. The fourth-order valence-corrected chi connectivity index (χ4v) is 1.21. The van der Waals surface area contributed by atoms with Crippen molar-refractivity contribution in [2.24, 2.45) is 0 Å². The SMILES string of the molecule is CN(C)C(=O)C(F)(C#N)c1ccccc1. The maximum Gasteiger partial charge on any atom is 0.298 e. The van der Waals surface area contributed by atoms with E-state index in [0.29, 0.717) is 0 Å². The zero-order valence-electron chi connectivity index (χ0n) is 8.57. The third-order valence-corrected chi connectivity index (χ3v) is 2.03. The van der Waals surface area contributed by atoms with Gasteiger partial charge in [-0.3, -0.25) is 4.79 Å². The van der Waals surface area contributed by atoms with Crippen LogP contribution in [0.3, 0.4) is 0 Å². The number of hydrogen-bond donors (Lipinski definition) is 0. The molecule has 0 heterocycles. The van der Waals surface area contributed by atoms with Crippen molar-refractivity contribution in [3.8, 4) is 6.07 Å². The smallest absolute Gasteiger partial charge is 0.298 e. The van der Waals surface area contributed by atoms with Crippen LogP contribution >= 0.6 is 0 Å². The first-order valence-corrected chi connectivity index (χ1v) is 4.40. The molecule has 0 saturated heterocycles. The molecule has 4 heteroatoms. The molecule has 0 spiro atoms. The van der Waals surface area contributed by atoms with Gasteiger partial charge in [0, 0.05) is 19.7 Å². The van der Waals surface area contributed by atoms with Gasteiger partial charge < -0.3 is 4.90 Å². The van der Waals surface area contributed by atoms with E-state index in [9.17, 15) is 9.18 Å². The molecule has 78 valence electrons. The zero-order chi connectivity index (χ0) is 11.5. The Morgan fingerprint density at radius 3 is 2.33 bits per heavy atom. The first-order valence-electron chi connectivity index (χ1n) is 4.40. The molecule has 0 N–H and O–H groups in total. The highest BCUT2D eigenvalue weighted by Gasteiger charge is 2.42. The second-order valence-electron chi connectivity index (χ2n) is 3.34. The molecule has 1 aromatic carbocycles. The highest BCUT2D eigenvalue weighted by molar-refractivity contribution is 5.89. The third kappa shape index (κ3) is 1.96. The topological polar surface area (TPSA) is 44.1 Å². The lowest BCUT2D eigenvalue weighted by molar-refractivity contribution is -0.138. The number of likely N-dealkylation sites (N-methyl/N-ethyl adjacent to an activating group) is 1. The Labute approximate surface area is 87.7 Å². The second-order valence-corrected chi connectivity index (χ2v) is 3.34. The van der Waals surface area contributed by atoms with Gasteiger partial charge in [0.15, 0.2) is 0 Å². The van der Waals surface area contributed by atoms with E-state index in [-0.39, 0.29) is 5.56 Å². The average Bonchev–Trinajstić information content (AvgIpc) is 2.28. The number of rotatable bonds is 2. The normalized spacial score (nSPS) is 13.7. The molecule has 3 nitrogen and oxygen atoms in total. The summed E-state index contributed by atoms with van der Waals surface area (Å²) in [7, 11) is 2.83. The fourth-order valence-electron chi connectivity index (χ4n) is 1.21. The highest BCUT2D eigenvalue weighted by atomic mass is 19.1. The van der Waals surface area contributed by atoms with E-state index in [1.54, 1.807) is 18.2 Å². The second kappa shape index (κ2) is 4.09. The van der Waals surface area contributed by atoms with Gasteiger partial charge in [0.2, 0.25) is 0 Å². The minimum absolute atomic E-state index is 0.0613. The van der Waals surface area contributed by atoms with Crippen molar-refractivity contribution < 1.29 is 9.18 Å². The number of halogens is 1. The largest absolute Gasteiger partial charge is 0.345 e. The molecule has 1 atom stereocenters. The van der Waals surface area contributed by atoms with Gasteiger partial charge in [-0.05, 0) is 0 Å². The number of carbonyl (C=O) groups excluding carboxylic acids is 1. The van der Waals surface area contributed by atoms with Crippen LogP contribution in [-0.2, 0) is 10.5 Å². The van der Waals surface area contributed by atoms with Crippen LogP contribution in [0.4, 0.5) is 4.39 Å². The third-order valence-electron chi connectivity index (χ3n) is 2.03. The molecule has 1 rings (SSSR count). The first-order chi connectivity index (χ1) is 7.02. The lowest BCUT2D eigenvalue weighted by atomic mass is 9.96. The summed E-state index contributed by atoms with van der Waals surface area (Å²) in [4.78, 5) is 12.6. The Hall–Kier alpha value is -1.89. The molecular formula is C11H11FN2O. The maximum absolute atomic E-state index is 14.1. The number of amides is 1. The molecular weight excluding hydrogens is 195 g/mol. The van der Waals surface area contributed by atoms with Gasteiger partial charge in [0.25, 0.3) is 11.6 Å². The molecule has 0 aromatic heterocycles. The molecule has 0 bridgehead atoms. The zero-order valence-corrected chi connectivity index (χ0v) is 8.57. The van der Waals surface area contributed by atoms with Crippen molar-refractivity contribution >= 4 is 5.91 Å². The van der Waals surface area contributed by atoms with E-state index in [2.05, 4.69) is 0 Å². The number of nitriles is 1. The van der Waals surface area contributed by atoms with Crippen LogP contribution in [-0.4, -0.2) is 24.9 Å². The number of alkyl halides is 1. The summed E-state index contributed by atoms with van der Waals surface area (Å²) in [6, 6.07) is 9.13. The summed E-state index contributed by atoms with van der Waals surface area (Å²) in [6.07, 6.45) is 0. The molecule has 1 aromatic rings. The summed E-state index contributed by atoms with van der Waals surface area (Å²) in [5.74, 6) is -0.865. The molecule has 1 amide bonds. The number of benzene rings is 1. The molecule has 0 aliphatic carbocycles. The van der Waals surface area contributed by atoms with Crippen molar-refractivity contribution in [1.82, 2.24) is 4.90 Å². The van der Waals surface area contributed by atoms with Gasteiger partial charge in [0.1, 0.15) is 6.07 Å². The van der Waals surface area contributed by atoms with Crippen molar-refractivity contribution in [3.63, 3.8) is 0 Å². The Bertz CT molecular complexity index is 397. The molecule has 0 aliphatic heterocycles. The number of nitrogens with zero attached hydrogens (tertiary/aromatic N) is 2.